The summed E-state index contributed by atoms with van der Waals surface area (Å²) < 4.78 is 0. The van der Waals surface area contributed by atoms with Crippen LogP contribution < -0.4 is 5.32 Å². The highest BCUT2D eigenvalue weighted by molar-refractivity contribution is 6.04. The van der Waals surface area contributed by atoms with Crippen LogP contribution in [0, 0.1) is 20.8 Å². The lowest BCUT2D eigenvalue weighted by Crippen LogP contribution is -2.13. The van der Waals surface area contributed by atoms with Crippen LogP contribution in [-0.2, 0) is 0 Å². The predicted octanol–water partition coefficient (Wildman–Crippen LogP) is 3.26. The van der Waals surface area contributed by atoms with Crippen LogP contribution in [0.4, 0.5) is 5.69 Å². The number of benzene rings is 1. The van der Waals surface area contributed by atoms with Gasteiger partial charge in [-0.05, 0) is 55.7 Å². The van der Waals surface area contributed by atoms with Gasteiger partial charge in [0, 0.05) is 18.1 Å². The lowest BCUT2D eigenvalue weighted by atomic mass is 10.0. The second-order valence-electron chi connectivity index (χ2n) is 4.45. The zero-order valence-electron chi connectivity index (χ0n) is 10.8. The molecule has 2 rings (SSSR count). The van der Waals surface area contributed by atoms with Crippen molar-refractivity contribution in [2.45, 2.75) is 20.8 Å². The fraction of sp³-hybridized carbons (Fsp3) is 0.200. The molecule has 0 aliphatic carbocycles. The fourth-order valence-electron chi connectivity index (χ4n) is 1.79. The molecule has 0 bridgehead atoms. The Kier molecular flexibility index (Phi) is 3.42. The lowest BCUT2D eigenvalue weighted by molar-refractivity contribution is 0.102. The number of rotatable bonds is 2. The van der Waals surface area contributed by atoms with Gasteiger partial charge in [0.05, 0.1) is 5.56 Å². The Balaban J connectivity index is 2.25. The van der Waals surface area contributed by atoms with E-state index < -0.39 is 0 Å². The van der Waals surface area contributed by atoms with Crippen molar-refractivity contribution in [3.8, 4) is 0 Å². The smallest absolute Gasteiger partial charge is 0.257 e. The van der Waals surface area contributed by atoms with E-state index >= 15 is 0 Å². The van der Waals surface area contributed by atoms with Gasteiger partial charge in [0.2, 0.25) is 0 Å². The Morgan fingerprint density at radius 3 is 2.50 bits per heavy atom. The number of pyridine rings is 1. The Labute approximate surface area is 107 Å². The Morgan fingerprint density at radius 2 is 1.83 bits per heavy atom. The van der Waals surface area contributed by atoms with Crippen molar-refractivity contribution >= 4 is 11.6 Å². The molecule has 1 aromatic carbocycles. The van der Waals surface area contributed by atoms with E-state index in [-0.39, 0.29) is 5.91 Å². The number of anilines is 1. The first-order valence-electron chi connectivity index (χ1n) is 5.87. The van der Waals surface area contributed by atoms with Crippen LogP contribution in [0.25, 0.3) is 0 Å². The van der Waals surface area contributed by atoms with Gasteiger partial charge in [0.15, 0.2) is 0 Å². The van der Waals surface area contributed by atoms with Crippen LogP contribution in [0.2, 0.25) is 0 Å². The Bertz CT molecular complexity index is 577. The number of hydrogen-bond donors (Lipinski definition) is 1. The molecule has 0 saturated carbocycles. The van der Waals surface area contributed by atoms with E-state index in [9.17, 15) is 4.79 Å². The molecule has 0 atom stereocenters. The van der Waals surface area contributed by atoms with Crippen LogP contribution in [-0.4, -0.2) is 10.9 Å². The van der Waals surface area contributed by atoms with Gasteiger partial charge < -0.3 is 5.32 Å². The quantitative estimate of drug-likeness (QED) is 0.875. The molecule has 1 amide bonds. The monoisotopic (exact) mass is 240 g/mol. The molecule has 0 saturated heterocycles. The van der Waals surface area contributed by atoms with Crippen molar-refractivity contribution in [1.29, 1.82) is 0 Å². The predicted molar refractivity (Wildman–Crippen MR) is 72.8 cm³/mol. The third kappa shape index (κ3) is 2.56. The van der Waals surface area contributed by atoms with E-state index in [1.54, 1.807) is 24.5 Å². The van der Waals surface area contributed by atoms with Gasteiger partial charge in [-0.3, -0.25) is 9.78 Å². The summed E-state index contributed by atoms with van der Waals surface area (Å²) in [6, 6.07) is 7.58. The van der Waals surface area contributed by atoms with E-state index in [0.717, 1.165) is 11.3 Å². The topological polar surface area (TPSA) is 42.0 Å². The fourth-order valence-corrected chi connectivity index (χ4v) is 1.79. The van der Waals surface area contributed by atoms with E-state index in [1.807, 2.05) is 19.9 Å². The van der Waals surface area contributed by atoms with Crippen molar-refractivity contribution in [1.82, 2.24) is 4.98 Å². The van der Waals surface area contributed by atoms with Crippen LogP contribution in [0.3, 0.4) is 0 Å². The van der Waals surface area contributed by atoms with Crippen molar-refractivity contribution in [2.24, 2.45) is 0 Å². The number of amides is 1. The average molecular weight is 240 g/mol. The van der Waals surface area contributed by atoms with Gasteiger partial charge in [0.25, 0.3) is 5.91 Å². The minimum absolute atomic E-state index is 0.130. The average Bonchev–Trinajstić information content (AvgIpc) is 2.37. The second kappa shape index (κ2) is 5.00. The molecular formula is C15H16N2O. The number of nitrogens with one attached hydrogen (secondary N) is 1. The molecule has 18 heavy (non-hydrogen) atoms. The molecule has 92 valence electrons. The van der Waals surface area contributed by atoms with E-state index in [4.69, 9.17) is 0 Å². The maximum atomic E-state index is 12.0. The third-order valence-corrected chi connectivity index (χ3v) is 3.01. The van der Waals surface area contributed by atoms with Gasteiger partial charge in [0.1, 0.15) is 0 Å². The molecule has 1 heterocycles. The van der Waals surface area contributed by atoms with Crippen molar-refractivity contribution in [3.63, 3.8) is 0 Å². The first-order chi connectivity index (χ1) is 8.58. The van der Waals surface area contributed by atoms with Crippen molar-refractivity contribution in [3.05, 3.63) is 58.9 Å². The van der Waals surface area contributed by atoms with Gasteiger partial charge in [-0.1, -0.05) is 6.07 Å². The molecule has 0 fully saturated rings. The van der Waals surface area contributed by atoms with Gasteiger partial charge >= 0.3 is 0 Å². The number of carbonyl (C=O) groups is 1. The molecule has 1 aromatic heterocycles. The molecule has 0 aliphatic heterocycles. The molecule has 3 heteroatoms. The van der Waals surface area contributed by atoms with E-state index in [1.165, 1.54) is 11.1 Å². The molecule has 0 radical (unpaired) electrons. The Hall–Kier alpha value is -2.16. The minimum atomic E-state index is -0.130. The molecule has 0 unspecified atom stereocenters. The highest BCUT2D eigenvalue weighted by Crippen LogP contribution is 2.20. The first-order valence-corrected chi connectivity index (χ1v) is 5.87. The standard InChI is InChI=1S/C15H16N2O/c1-10-7-12(3)14(8-11(10)2)17-15(18)13-5-4-6-16-9-13/h4-9H,1-3H3,(H,17,18). The molecular weight excluding hydrogens is 224 g/mol. The number of hydrogen-bond acceptors (Lipinski definition) is 2. The number of aryl methyl sites for hydroxylation is 3. The van der Waals surface area contributed by atoms with Crippen LogP contribution in [0.15, 0.2) is 36.7 Å². The third-order valence-electron chi connectivity index (χ3n) is 3.01. The lowest BCUT2D eigenvalue weighted by Gasteiger charge is -2.11. The van der Waals surface area contributed by atoms with Gasteiger partial charge in [-0.15, -0.1) is 0 Å². The van der Waals surface area contributed by atoms with Crippen molar-refractivity contribution in [2.75, 3.05) is 5.32 Å². The number of carbonyl (C=O) groups excluding carboxylic acids is 1. The van der Waals surface area contributed by atoms with Gasteiger partial charge in [-0.25, -0.2) is 0 Å². The molecule has 1 N–H and O–H groups in total. The summed E-state index contributed by atoms with van der Waals surface area (Å²) in [5, 5.41) is 2.92. The summed E-state index contributed by atoms with van der Waals surface area (Å²) in [4.78, 5) is 16.0. The van der Waals surface area contributed by atoms with E-state index in [0.29, 0.717) is 5.56 Å². The maximum absolute atomic E-state index is 12.0. The zero-order chi connectivity index (χ0) is 13.1. The van der Waals surface area contributed by atoms with Crippen LogP contribution in [0.1, 0.15) is 27.0 Å². The summed E-state index contributed by atoms with van der Waals surface area (Å²) in [6.07, 6.45) is 3.21. The van der Waals surface area contributed by atoms with Crippen molar-refractivity contribution < 1.29 is 4.79 Å². The maximum Gasteiger partial charge on any atom is 0.257 e. The summed E-state index contributed by atoms with van der Waals surface area (Å²) in [6.45, 7) is 6.09. The highest BCUT2D eigenvalue weighted by atomic mass is 16.1. The number of aromatic nitrogens is 1. The molecule has 0 aliphatic rings. The summed E-state index contributed by atoms with van der Waals surface area (Å²) in [7, 11) is 0. The largest absolute Gasteiger partial charge is 0.322 e. The van der Waals surface area contributed by atoms with E-state index in [2.05, 4.69) is 23.3 Å². The number of nitrogens with zero attached hydrogens (tertiary/aromatic N) is 1. The normalized spacial score (nSPS) is 10.2. The second-order valence-corrected chi connectivity index (χ2v) is 4.45. The van der Waals surface area contributed by atoms with Crippen LogP contribution >= 0.6 is 0 Å². The molecule has 2 aromatic rings. The Morgan fingerprint density at radius 1 is 1.11 bits per heavy atom. The molecule has 3 nitrogen and oxygen atoms in total. The SMILES string of the molecule is Cc1cc(C)c(NC(=O)c2cccnc2)cc1C. The molecule has 0 spiro atoms. The zero-order valence-corrected chi connectivity index (χ0v) is 10.8. The minimum Gasteiger partial charge on any atom is -0.322 e. The van der Waals surface area contributed by atoms with Gasteiger partial charge in [-0.2, -0.15) is 0 Å². The van der Waals surface area contributed by atoms with Crippen LogP contribution in [0.5, 0.6) is 0 Å². The summed E-state index contributed by atoms with van der Waals surface area (Å²) in [5.41, 5.74) is 4.88. The first kappa shape index (κ1) is 12.3. The summed E-state index contributed by atoms with van der Waals surface area (Å²) in [5.74, 6) is -0.130. The highest BCUT2D eigenvalue weighted by Gasteiger charge is 2.08. The summed E-state index contributed by atoms with van der Waals surface area (Å²) >= 11 is 0.